The number of aliphatic carboxylic acids is 1. The van der Waals surface area contributed by atoms with E-state index in [1.54, 1.807) is 6.92 Å². The molecule has 1 fully saturated rings. The van der Waals surface area contributed by atoms with Gasteiger partial charge in [-0.1, -0.05) is 17.7 Å². The summed E-state index contributed by atoms with van der Waals surface area (Å²) in [5.74, 6) is -0.381. The van der Waals surface area contributed by atoms with Crippen LogP contribution in [0.25, 0.3) is 0 Å². The van der Waals surface area contributed by atoms with E-state index in [2.05, 4.69) is 4.98 Å². The molecule has 2 aromatic rings. The average Bonchev–Trinajstić information content (AvgIpc) is 3.33. The molecule has 1 aromatic carbocycles. The largest absolute Gasteiger partial charge is 0.486 e. The van der Waals surface area contributed by atoms with E-state index in [0.29, 0.717) is 12.3 Å². The Kier molecular flexibility index (Phi) is 5.56. The van der Waals surface area contributed by atoms with Gasteiger partial charge in [-0.2, -0.15) is 0 Å². The van der Waals surface area contributed by atoms with Crippen molar-refractivity contribution < 1.29 is 19.4 Å². The van der Waals surface area contributed by atoms with E-state index in [1.807, 2.05) is 36.6 Å². The number of benzene rings is 1. The lowest BCUT2D eigenvalue weighted by atomic mass is 10.2. The Balaban J connectivity index is 1.57. The molecular weight excluding hydrogens is 352 g/mol. The smallest absolute Gasteiger partial charge is 0.326 e. The van der Waals surface area contributed by atoms with Gasteiger partial charge in [0, 0.05) is 11.4 Å². The summed E-state index contributed by atoms with van der Waals surface area (Å²) in [5, 5.41) is 11.8. The van der Waals surface area contributed by atoms with Crippen LogP contribution in [0, 0.1) is 6.92 Å². The van der Waals surface area contributed by atoms with Crippen molar-refractivity contribution in [2.45, 2.75) is 51.8 Å². The van der Waals surface area contributed by atoms with Crippen LogP contribution in [-0.4, -0.2) is 39.0 Å². The Labute approximate surface area is 156 Å². The Morgan fingerprint density at radius 3 is 2.65 bits per heavy atom. The van der Waals surface area contributed by atoms with Crippen LogP contribution in [0.15, 0.2) is 29.6 Å². The molecule has 3 rings (SSSR count). The van der Waals surface area contributed by atoms with Crippen LogP contribution in [0.3, 0.4) is 0 Å². The number of carboxylic acid groups (broad SMARTS) is 1. The molecule has 0 aliphatic heterocycles. The summed E-state index contributed by atoms with van der Waals surface area (Å²) in [7, 11) is 0. The number of rotatable bonds is 8. The van der Waals surface area contributed by atoms with E-state index in [9.17, 15) is 14.7 Å². The van der Waals surface area contributed by atoms with E-state index >= 15 is 0 Å². The summed E-state index contributed by atoms with van der Waals surface area (Å²) in [6, 6.07) is 7.03. The molecule has 1 aromatic heterocycles. The van der Waals surface area contributed by atoms with E-state index in [-0.39, 0.29) is 18.4 Å². The summed E-state index contributed by atoms with van der Waals surface area (Å²) >= 11 is 1.44. The van der Waals surface area contributed by atoms with Crippen molar-refractivity contribution in [2.24, 2.45) is 0 Å². The standard InChI is InChI=1S/C19H22N2O4S/c1-12-3-7-16(8-4-12)25-10-17-20-14(11-26-17)9-18(22)21(15-5-6-15)13(2)19(23)24/h3-4,7-8,11,13,15H,5-6,9-10H2,1-2H3,(H,23,24). The fourth-order valence-corrected chi connectivity index (χ4v) is 3.43. The minimum absolute atomic E-state index is 0.0524. The lowest BCUT2D eigenvalue weighted by Crippen LogP contribution is -2.45. The fraction of sp³-hybridized carbons (Fsp3) is 0.421. The van der Waals surface area contributed by atoms with Crippen LogP contribution in [0.1, 0.15) is 36.0 Å². The molecule has 6 nitrogen and oxygen atoms in total. The van der Waals surface area contributed by atoms with Gasteiger partial charge in [0.2, 0.25) is 5.91 Å². The Morgan fingerprint density at radius 2 is 2.04 bits per heavy atom. The minimum atomic E-state index is -0.976. The monoisotopic (exact) mass is 374 g/mol. The number of hydrogen-bond acceptors (Lipinski definition) is 5. The minimum Gasteiger partial charge on any atom is -0.486 e. The number of amides is 1. The molecule has 1 heterocycles. The maximum atomic E-state index is 12.6. The highest BCUT2D eigenvalue weighted by molar-refractivity contribution is 7.09. The molecule has 0 spiro atoms. The first-order chi connectivity index (χ1) is 12.4. The van der Waals surface area contributed by atoms with Gasteiger partial charge in [0.05, 0.1) is 12.1 Å². The Hall–Kier alpha value is -2.41. The van der Waals surface area contributed by atoms with Gasteiger partial charge in [0.15, 0.2) is 0 Å². The molecule has 1 unspecified atom stereocenters. The van der Waals surface area contributed by atoms with Crippen molar-refractivity contribution in [1.29, 1.82) is 0 Å². The van der Waals surface area contributed by atoms with E-state index in [0.717, 1.165) is 23.6 Å². The molecule has 1 atom stereocenters. The number of carbonyl (C=O) groups is 2. The predicted molar refractivity (Wildman–Crippen MR) is 98.3 cm³/mol. The van der Waals surface area contributed by atoms with Gasteiger partial charge in [0.1, 0.15) is 23.4 Å². The number of nitrogens with zero attached hydrogens (tertiary/aromatic N) is 2. The quantitative estimate of drug-likeness (QED) is 0.768. The van der Waals surface area contributed by atoms with Crippen LogP contribution >= 0.6 is 11.3 Å². The molecule has 0 bridgehead atoms. The molecule has 1 aliphatic carbocycles. The number of carboxylic acids is 1. The first-order valence-electron chi connectivity index (χ1n) is 8.60. The molecule has 1 aliphatic rings. The summed E-state index contributed by atoms with van der Waals surface area (Å²) in [4.78, 5) is 29.7. The van der Waals surface area contributed by atoms with Crippen molar-refractivity contribution in [3.8, 4) is 5.75 Å². The van der Waals surface area contributed by atoms with Crippen molar-refractivity contribution in [2.75, 3.05) is 0 Å². The number of ether oxygens (including phenoxy) is 1. The van der Waals surface area contributed by atoms with Crippen LogP contribution in [0.2, 0.25) is 0 Å². The number of carbonyl (C=O) groups excluding carboxylic acids is 1. The first-order valence-corrected chi connectivity index (χ1v) is 9.48. The highest BCUT2D eigenvalue weighted by Gasteiger charge is 2.38. The van der Waals surface area contributed by atoms with Crippen molar-refractivity contribution in [3.63, 3.8) is 0 Å². The Bertz CT molecular complexity index is 783. The number of aromatic nitrogens is 1. The predicted octanol–water partition coefficient (Wildman–Crippen LogP) is 3.04. The number of thiazole rings is 1. The van der Waals surface area contributed by atoms with Gasteiger partial charge in [-0.05, 0) is 38.8 Å². The highest BCUT2D eigenvalue weighted by atomic mass is 32.1. The van der Waals surface area contributed by atoms with Gasteiger partial charge in [-0.25, -0.2) is 9.78 Å². The zero-order valence-corrected chi connectivity index (χ0v) is 15.7. The second-order valence-electron chi connectivity index (χ2n) is 6.56. The van der Waals surface area contributed by atoms with Gasteiger partial charge in [-0.15, -0.1) is 11.3 Å². The third kappa shape index (κ3) is 4.60. The molecule has 26 heavy (non-hydrogen) atoms. The molecule has 1 N–H and O–H groups in total. The molecule has 1 saturated carbocycles. The van der Waals surface area contributed by atoms with Crippen LogP contribution < -0.4 is 4.74 Å². The molecule has 7 heteroatoms. The number of aryl methyl sites for hydroxylation is 1. The van der Waals surface area contributed by atoms with Crippen LogP contribution in [-0.2, 0) is 22.6 Å². The second kappa shape index (κ2) is 7.86. The second-order valence-corrected chi connectivity index (χ2v) is 7.50. The lowest BCUT2D eigenvalue weighted by molar-refractivity contribution is -0.149. The van der Waals surface area contributed by atoms with Crippen molar-refractivity contribution in [3.05, 3.63) is 45.9 Å². The zero-order valence-electron chi connectivity index (χ0n) is 14.8. The topological polar surface area (TPSA) is 79.7 Å². The van der Waals surface area contributed by atoms with Crippen LogP contribution in [0.5, 0.6) is 5.75 Å². The molecule has 138 valence electrons. The SMILES string of the molecule is Cc1ccc(OCc2nc(CC(=O)N(C3CC3)C(C)C(=O)O)cs2)cc1. The number of hydrogen-bond donors (Lipinski definition) is 1. The van der Waals surface area contributed by atoms with Gasteiger partial charge >= 0.3 is 5.97 Å². The maximum absolute atomic E-state index is 12.6. The van der Waals surface area contributed by atoms with Crippen molar-refractivity contribution >= 4 is 23.2 Å². The molecular formula is C19H22N2O4S. The van der Waals surface area contributed by atoms with Gasteiger partial charge in [0.25, 0.3) is 0 Å². The third-order valence-corrected chi connectivity index (χ3v) is 5.19. The van der Waals surface area contributed by atoms with Crippen LogP contribution in [0.4, 0.5) is 0 Å². The lowest BCUT2D eigenvalue weighted by Gasteiger charge is -2.26. The molecule has 0 saturated heterocycles. The molecule has 1 amide bonds. The summed E-state index contributed by atoms with van der Waals surface area (Å²) in [5.41, 5.74) is 1.83. The molecule has 0 radical (unpaired) electrons. The van der Waals surface area contributed by atoms with E-state index in [4.69, 9.17) is 4.74 Å². The maximum Gasteiger partial charge on any atom is 0.326 e. The van der Waals surface area contributed by atoms with Gasteiger partial charge in [-0.3, -0.25) is 4.79 Å². The van der Waals surface area contributed by atoms with Gasteiger partial charge < -0.3 is 14.7 Å². The average molecular weight is 374 g/mol. The highest BCUT2D eigenvalue weighted by Crippen LogP contribution is 2.29. The van der Waals surface area contributed by atoms with E-state index < -0.39 is 12.0 Å². The van der Waals surface area contributed by atoms with Crippen molar-refractivity contribution in [1.82, 2.24) is 9.88 Å². The normalized spacial score (nSPS) is 14.7. The fourth-order valence-electron chi connectivity index (χ4n) is 2.73. The summed E-state index contributed by atoms with van der Waals surface area (Å²) in [6.45, 7) is 3.92. The summed E-state index contributed by atoms with van der Waals surface area (Å²) in [6.07, 6.45) is 1.86. The van der Waals surface area contributed by atoms with E-state index in [1.165, 1.54) is 21.8 Å². The third-order valence-electron chi connectivity index (χ3n) is 4.32. The zero-order chi connectivity index (χ0) is 18.7. The Morgan fingerprint density at radius 1 is 1.35 bits per heavy atom. The summed E-state index contributed by atoms with van der Waals surface area (Å²) < 4.78 is 5.71. The first kappa shape index (κ1) is 18.4.